The molecule has 2 N–H and O–H groups in total. The van der Waals surface area contributed by atoms with Crippen LogP contribution in [0.4, 0.5) is 5.69 Å². The lowest BCUT2D eigenvalue weighted by atomic mass is 9.87. The number of hydrogen-bond acceptors (Lipinski definition) is 3. The summed E-state index contributed by atoms with van der Waals surface area (Å²) in [6, 6.07) is 13.0. The average molecular weight is 354 g/mol. The molecule has 2 aromatic carbocycles. The van der Waals surface area contributed by atoms with Gasteiger partial charge >= 0.3 is 0 Å². The van der Waals surface area contributed by atoms with E-state index >= 15 is 0 Å². The molecule has 5 heteroatoms. The zero-order valence-electron chi connectivity index (χ0n) is 16.0. The van der Waals surface area contributed by atoms with Crippen LogP contribution in [0.5, 0.6) is 5.75 Å². The highest BCUT2D eigenvalue weighted by atomic mass is 16.5. The molecule has 0 unspecified atom stereocenters. The van der Waals surface area contributed by atoms with E-state index in [0.29, 0.717) is 17.0 Å². The molecule has 0 aliphatic rings. The van der Waals surface area contributed by atoms with E-state index in [0.717, 1.165) is 5.56 Å². The van der Waals surface area contributed by atoms with E-state index in [1.165, 1.54) is 5.56 Å². The van der Waals surface area contributed by atoms with E-state index in [1.54, 1.807) is 32.2 Å². The number of anilines is 1. The van der Waals surface area contributed by atoms with Crippen LogP contribution in [-0.2, 0) is 10.2 Å². The maximum Gasteiger partial charge on any atom is 0.262 e. The summed E-state index contributed by atoms with van der Waals surface area (Å²) in [6.45, 7) is 8.13. The lowest BCUT2D eigenvalue weighted by molar-refractivity contribution is -0.118. The molecule has 2 aromatic rings. The molecule has 26 heavy (non-hydrogen) atoms. The highest BCUT2D eigenvalue weighted by molar-refractivity contribution is 5.99. The van der Waals surface area contributed by atoms with Crippen LogP contribution < -0.4 is 15.4 Å². The van der Waals surface area contributed by atoms with Crippen molar-refractivity contribution in [3.8, 4) is 5.75 Å². The molecule has 5 nitrogen and oxygen atoms in total. The molecule has 0 heterocycles. The van der Waals surface area contributed by atoms with Crippen LogP contribution in [0.2, 0.25) is 0 Å². The molecular weight excluding hydrogens is 328 g/mol. The summed E-state index contributed by atoms with van der Waals surface area (Å²) in [5, 5.41) is 5.38. The largest absolute Gasteiger partial charge is 0.484 e. The molecule has 0 spiro atoms. The third kappa shape index (κ3) is 4.85. The Morgan fingerprint density at radius 2 is 1.69 bits per heavy atom. The van der Waals surface area contributed by atoms with Crippen LogP contribution in [0.15, 0.2) is 42.5 Å². The van der Waals surface area contributed by atoms with Gasteiger partial charge in [-0.3, -0.25) is 9.59 Å². The van der Waals surface area contributed by atoms with Crippen LogP contribution in [0, 0.1) is 6.92 Å². The second-order valence-electron chi connectivity index (χ2n) is 7.17. The van der Waals surface area contributed by atoms with E-state index in [4.69, 9.17) is 4.74 Å². The number of benzene rings is 2. The van der Waals surface area contributed by atoms with Crippen LogP contribution in [0.25, 0.3) is 0 Å². The Morgan fingerprint density at radius 1 is 1.04 bits per heavy atom. The molecule has 138 valence electrons. The van der Waals surface area contributed by atoms with Gasteiger partial charge in [-0.1, -0.05) is 39.0 Å². The summed E-state index contributed by atoms with van der Waals surface area (Å²) < 4.78 is 5.56. The van der Waals surface area contributed by atoms with Crippen LogP contribution in [0.1, 0.15) is 42.3 Å². The van der Waals surface area contributed by atoms with Crippen molar-refractivity contribution in [3.63, 3.8) is 0 Å². The first-order chi connectivity index (χ1) is 12.2. The minimum Gasteiger partial charge on any atom is -0.484 e. The molecule has 2 amide bonds. The van der Waals surface area contributed by atoms with Crippen molar-refractivity contribution in [3.05, 3.63) is 59.2 Å². The van der Waals surface area contributed by atoms with Crippen LogP contribution in [-0.4, -0.2) is 25.5 Å². The van der Waals surface area contributed by atoms with Crippen molar-refractivity contribution in [1.29, 1.82) is 0 Å². The summed E-state index contributed by atoms with van der Waals surface area (Å²) in [7, 11) is 1.58. The third-order valence-corrected chi connectivity index (χ3v) is 4.17. The molecule has 0 saturated carbocycles. The fraction of sp³-hybridized carbons (Fsp3) is 0.333. The van der Waals surface area contributed by atoms with Crippen molar-refractivity contribution in [1.82, 2.24) is 5.32 Å². The van der Waals surface area contributed by atoms with Crippen molar-refractivity contribution < 1.29 is 14.3 Å². The Balaban J connectivity index is 1.98. The third-order valence-electron chi connectivity index (χ3n) is 4.17. The first kappa shape index (κ1) is 19.5. The molecule has 0 radical (unpaired) electrons. The molecular formula is C21H26N2O3. The average Bonchev–Trinajstić information content (AvgIpc) is 2.60. The summed E-state index contributed by atoms with van der Waals surface area (Å²) in [5.74, 6) is 0.180. The van der Waals surface area contributed by atoms with Gasteiger partial charge in [-0.05, 0) is 47.7 Å². The molecule has 0 fully saturated rings. The first-order valence-corrected chi connectivity index (χ1v) is 8.57. The van der Waals surface area contributed by atoms with Gasteiger partial charge in [-0.25, -0.2) is 0 Å². The number of carbonyl (C=O) groups excluding carboxylic acids is 2. The number of hydrogen-bond donors (Lipinski definition) is 2. The second-order valence-corrected chi connectivity index (χ2v) is 7.17. The maximum absolute atomic E-state index is 12.2. The lowest BCUT2D eigenvalue weighted by Crippen LogP contribution is -2.23. The van der Waals surface area contributed by atoms with Crippen LogP contribution in [0.3, 0.4) is 0 Å². The van der Waals surface area contributed by atoms with E-state index in [9.17, 15) is 9.59 Å². The first-order valence-electron chi connectivity index (χ1n) is 8.57. The standard InChI is InChI=1S/C21H26N2O3/c1-14-17(20(25)22-5)7-6-8-18(14)23-19(24)13-26-16-11-9-15(10-12-16)21(2,3)4/h6-12H,13H2,1-5H3,(H,22,25)(H,23,24). The number of carbonyl (C=O) groups is 2. The van der Waals surface area contributed by atoms with Gasteiger partial charge in [-0.15, -0.1) is 0 Å². The Bertz CT molecular complexity index is 790. The van der Waals surface area contributed by atoms with Gasteiger partial charge in [0, 0.05) is 18.3 Å². The lowest BCUT2D eigenvalue weighted by Gasteiger charge is -2.19. The van der Waals surface area contributed by atoms with Crippen LogP contribution >= 0.6 is 0 Å². The normalized spacial score (nSPS) is 11.0. The molecule has 0 aliphatic heterocycles. The van der Waals surface area contributed by atoms with Gasteiger partial charge in [-0.2, -0.15) is 0 Å². The van der Waals surface area contributed by atoms with Gasteiger partial charge in [0.2, 0.25) is 0 Å². The Labute approximate surface area is 154 Å². The predicted molar refractivity (Wildman–Crippen MR) is 104 cm³/mol. The summed E-state index contributed by atoms with van der Waals surface area (Å²) in [4.78, 5) is 24.0. The molecule has 0 aliphatic carbocycles. The molecule has 0 aromatic heterocycles. The quantitative estimate of drug-likeness (QED) is 0.861. The SMILES string of the molecule is CNC(=O)c1cccc(NC(=O)COc2ccc(C(C)(C)C)cc2)c1C. The monoisotopic (exact) mass is 354 g/mol. The molecule has 0 bridgehead atoms. The molecule has 0 saturated heterocycles. The number of ether oxygens (including phenoxy) is 1. The minimum atomic E-state index is -0.276. The van der Waals surface area contributed by atoms with Gasteiger partial charge in [0.15, 0.2) is 6.61 Å². The Hall–Kier alpha value is -2.82. The fourth-order valence-corrected chi connectivity index (χ4v) is 2.54. The van der Waals surface area contributed by atoms with Crippen molar-refractivity contribution in [2.45, 2.75) is 33.1 Å². The van der Waals surface area contributed by atoms with E-state index < -0.39 is 0 Å². The zero-order chi connectivity index (χ0) is 19.3. The molecule has 0 atom stereocenters. The summed E-state index contributed by atoms with van der Waals surface area (Å²) >= 11 is 0. The molecule has 2 rings (SSSR count). The number of nitrogens with one attached hydrogen (secondary N) is 2. The smallest absolute Gasteiger partial charge is 0.262 e. The minimum absolute atomic E-state index is 0.0726. The zero-order valence-corrected chi connectivity index (χ0v) is 16.0. The topological polar surface area (TPSA) is 67.4 Å². The van der Waals surface area contributed by atoms with Gasteiger partial charge < -0.3 is 15.4 Å². The Morgan fingerprint density at radius 3 is 2.27 bits per heavy atom. The van der Waals surface area contributed by atoms with E-state index in [2.05, 4.69) is 31.4 Å². The Kier molecular flexibility index (Phi) is 6.03. The van der Waals surface area contributed by atoms with E-state index in [-0.39, 0.29) is 23.8 Å². The van der Waals surface area contributed by atoms with Crippen molar-refractivity contribution in [2.24, 2.45) is 0 Å². The number of rotatable bonds is 5. The van der Waals surface area contributed by atoms with Crippen molar-refractivity contribution >= 4 is 17.5 Å². The van der Waals surface area contributed by atoms with Crippen molar-refractivity contribution in [2.75, 3.05) is 19.0 Å². The summed E-state index contributed by atoms with van der Waals surface area (Å²) in [5.41, 5.74) is 3.13. The van der Waals surface area contributed by atoms with E-state index in [1.807, 2.05) is 24.3 Å². The van der Waals surface area contributed by atoms with Gasteiger partial charge in [0.1, 0.15) is 5.75 Å². The van der Waals surface area contributed by atoms with Gasteiger partial charge in [0.25, 0.3) is 11.8 Å². The second kappa shape index (κ2) is 8.04. The highest BCUT2D eigenvalue weighted by Crippen LogP contribution is 2.24. The summed E-state index contributed by atoms with van der Waals surface area (Å²) in [6.07, 6.45) is 0. The predicted octanol–water partition coefficient (Wildman–Crippen LogP) is 3.67. The van der Waals surface area contributed by atoms with Gasteiger partial charge in [0.05, 0.1) is 0 Å². The highest BCUT2D eigenvalue weighted by Gasteiger charge is 2.14. The maximum atomic E-state index is 12.2. The fourth-order valence-electron chi connectivity index (χ4n) is 2.54. The number of amides is 2.